The van der Waals surface area contributed by atoms with Crippen molar-refractivity contribution in [2.45, 2.75) is 65.3 Å². The summed E-state index contributed by atoms with van der Waals surface area (Å²) in [5.41, 5.74) is 2.05. The van der Waals surface area contributed by atoms with Gasteiger partial charge in [-0.3, -0.25) is 24.1 Å². The lowest BCUT2D eigenvalue weighted by Gasteiger charge is -2.30. The maximum absolute atomic E-state index is 13.2. The van der Waals surface area contributed by atoms with Gasteiger partial charge in [0.05, 0.1) is 25.7 Å². The smallest absolute Gasteiger partial charge is 0.308 e. The first-order valence-corrected chi connectivity index (χ1v) is 13.2. The highest BCUT2D eigenvalue weighted by atomic mass is 16.7. The fourth-order valence-electron chi connectivity index (χ4n) is 5.37. The summed E-state index contributed by atoms with van der Waals surface area (Å²) in [6.45, 7) is 10.5. The summed E-state index contributed by atoms with van der Waals surface area (Å²) in [5, 5.41) is 11.8. The van der Waals surface area contributed by atoms with E-state index in [1.165, 1.54) is 12.0 Å². The van der Waals surface area contributed by atoms with Gasteiger partial charge >= 0.3 is 5.97 Å². The van der Waals surface area contributed by atoms with Crippen LogP contribution in [0.15, 0.2) is 18.2 Å². The van der Waals surface area contributed by atoms with Gasteiger partial charge in [0.1, 0.15) is 5.75 Å². The molecule has 2 amide bonds. The number of hydroxylamine groups is 2. The zero-order valence-electron chi connectivity index (χ0n) is 22.1. The van der Waals surface area contributed by atoms with Crippen molar-refractivity contribution in [2.75, 3.05) is 45.9 Å². The molecule has 9 nitrogen and oxygen atoms in total. The molecule has 3 atom stereocenters. The maximum atomic E-state index is 13.2. The summed E-state index contributed by atoms with van der Waals surface area (Å²) in [5.74, 6) is -1.19. The van der Waals surface area contributed by atoms with Gasteiger partial charge in [0, 0.05) is 51.5 Å². The number of amides is 2. The van der Waals surface area contributed by atoms with Crippen molar-refractivity contribution in [1.29, 1.82) is 0 Å². The van der Waals surface area contributed by atoms with Gasteiger partial charge in [0.25, 0.3) is 5.91 Å². The van der Waals surface area contributed by atoms with Gasteiger partial charge in [0.15, 0.2) is 0 Å². The molecule has 0 saturated carbocycles. The van der Waals surface area contributed by atoms with E-state index in [1.54, 1.807) is 4.90 Å². The molecule has 1 N–H and O–H groups in total. The molecule has 0 bridgehead atoms. The summed E-state index contributed by atoms with van der Waals surface area (Å²) >= 11 is 0. The molecule has 1 unspecified atom stereocenters. The standard InChI is InChI=1S/C27H41N3O6/c1-5-12-30(36-14-6-2)25(32)18-29-17-22(20-8-9-24-21(16-20)11-15-35-24)26(27(33)34)23(29)10-13-28(7-3)19(4)31/h8-9,16,22-23,26H,5-7,10-15,17-18H2,1-4H3,(H,33,34)/t22-,23+,26?/m1/s1. The van der Waals surface area contributed by atoms with Crippen LogP contribution in [0.5, 0.6) is 5.75 Å². The number of fused-ring (bicyclic) bond motifs is 1. The molecule has 2 heterocycles. The predicted molar refractivity (Wildman–Crippen MR) is 136 cm³/mol. The number of hydrogen-bond donors (Lipinski definition) is 1. The lowest BCUT2D eigenvalue weighted by atomic mass is 9.83. The molecular formula is C27H41N3O6. The minimum atomic E-state index is -0.879. The lowest BCUT2D eigenvalue weighted by Crippen LogP contribution is -2.45. The molecule has 0 spiro atoms. The first-order valence-electron chi connectivity index (χ1n) is 13.2. The minimum absolute atomic E-state index is 0.0396. The highest BCUT2D eigenvalue weighted by Gasteiger charge is 2.47. The average molecular weight is 504 g/mol. The normalized spacial score (nSPS) is 21.2. The van der Waals surface area contributed by atoms with Crippen LogP contribution in [-0.4, -0.2) is 89.7 Å². The maximum Gasteiger partial charge on any atom is 0.308 e. The topological polar surface area (TPSA) is 99.6 Å². The number of carboxylic acids is 1. The Morgan fingerprint density at radius 3 is 2.58 bits per heavy atom. The summed E-state index contributed by atoms with van der Waals surface area (Å²) in [4.78, 5) is 47.3. The van der Waals surface area contributed by atoms with E-state index in [4.69, 9.17) is 9.57 Å². The number of carbonyl (C=O) groups excluding carboxylic acids is 2. The number of ether oxygens (including phenoxy) is 1. The van der Waals surface area contributed by atoms with Gasteiger partial charge in [-0.15, -0.1) is 0 Å². The summed E-state index contributed by atoms with van der Waals surface area (Å²) in [6, 6.07) is 5.56. The van der Waals surface area contributed by atoms with Gasteiger partial charge in [0.2, 0.25) is 5.91 Å². The van der Waals surface area contributed by atoms with Crippen LogP contribution in [0.3, 0.4) is 0 Å². The van der Waals surface area contributed by atoms with Crippen LogP contribution in [-0.2, 0) is 25.6 Å². The van der Waals surface area contributed by atoms with Crippen LogP contribution in [0.25, 0.3) is 0 Å². The van der Waals surface area contributed by atoms with Crippen molar-refractivity contribution in [3.05, 3.63) is 29.3 Å². The number of nitrogens with zero attached hydrogens (tertiary/aromatic N) is 3. The zero-order chi connectivity index (χ0) is 26.2. The SMILES string of the molecule is CCCON(CCC)C(=O)CN1C[C@H](c2ccc3c(c2)CCO3)C(C(=O)O)[C@@H]1CCN(CC)C(C)=O. The van der Waals surface area contributed by atoms with E-state index in [9.17, 15) is 19.5 Å². The molecule has 36 heavy (non-hydrogen) atoms. The van der Waals surface area contributed by atoms with Gasteiger partial charge in [-0.05, 0) is 43.4 Å². The third-order valence-electron chi connectivity index (χ3n) is 7.19. The number of benzene rings is 1. The molecule has 1 fully saturated rings. The Bertz CT molecular complexity index is 923. The number of hydrogen-bond acceptors (Lipinski definition) is 6. The van der Waals surface area contributed by atoms with Crippen LogP contribution in [0.2, 0.25) is 0 Å². The van der Waals surface area contributed by atoms with E-state index in [0.29, 0.717) is 45.8 Å². The lowest BCUT2D eigenvalue weighted by molar-refractivity contribution is -0.188. The minimum Gasteiger partial charge on any atom is -0.493 e. The van der Waals surface area contributed by atoms with E-state index in [1.807, 2.05) is 37.8 Å². The van der Waals surface area contributed by atoms with Crippen LogP contribution in [0.1, 0.15) is 64.0 Å². The van der Waals surface area contributed by atoms with Gasteiger partial charge in [-0.1, -0.05) is 26.0 Å². The van der Waals surface area contributed by atoms with E-state index in [-0.39, 0.29) is 30.3 Å². The molecule has 2 aliphatic rings. The Labute approximate surface area is 214 Å². The highest BCUT2D eigenvalue weighted by Crippen LogP contribution is 2.41. The van der Waals surface area contributed by atoms with Crippen molar-refractivity contribution < 1.29 is 29.1 Å². The Hall–Kier alpha value is -2.65. The highest BCUT2D eigenvalue weighted by molar-refractivity contribution is 5.78. The van der Waals surface area contributed by atoms with Gasteiger partial charge < -0.3 is 14.7 Å². The Morgan fingerprint density at radius 2 is 1.94 bits per heavy atom. The monoisotopic (exact) mass is 503 g/mol. The summed E-state index contributed by atoms with van der Waals surface area (Å²) in [7, 11) is 0. The van der Waals surface area contributed by atoms with Crippen LogP contribution in [0, 0.1) is 5.92 Å². The van der Waals surface area contributed by atoms with Crippen molar-refractivity contribution in [3.63, 3.8) is 0 Å². The predicted octanol–water partition coefficient (Wildman–Crippen LogP) is 2.93. The average Bonchev–Trinajstić information content (AvgIpc) is 3.46. The summed E-state index contributed by atoms with van der Waals surface area (Å²) in [6.07, 6.45) is 2.85. The molecule has 1 saturated heterocycles. The van der Waals surface area contributed by atoms with Gasteiger partial charge in [-0.25, -0.2) is 5.06 Å². The number of likely N-dealkylation sites (tertiary alicyclic amines) is 1. The van der Waals surface area contributed by atoms with E-state index in [0.717, 1.165) is 36.1 Å². The van der Waals surface area contributed by atoms with Crippen molar-refractivity contribution in [3.8, 4) is 5.75 Å². The van der Waals surface area contributed by atoms with Crippen LogP contribution >= 0.6 is 0 Å². The molecule has 2 aliphatic heterocycles. The van der Waals surface area contributed by atoms with Gasteiger partial charge in [-0.2, -0.15) is 0 Å². The fraction of sp³-hybridized carbons (Fsp3) is 0.667. The molecule has 9 heteroatoms. The van der Waals surface area contributed by atoms with Crippen molar-refractivity contribution >= 4 is 17.8 Å². The zero-order valence-corrected chi connectivity index (χ0v) is 22.1. The molecule has 0 aliphatic carbocycles. The van der Waals surface area contributed by atoms with E-state index in [2.05, 4.69) is 6.07 Å². The first-order chi connectivity index (χ1) is 17.3. The Balaban J connectivity index is 1.88. The quantitative estimate of drug-likeness (QED) is 0.413. The Kier molecular flexibility index (Phi) is 10.1. The second-order valence-electron chi connectivity index (χ2n) is 9.65. The number of aliphatic carboxylic acids is 1. The molecule has 0 radical (unpaired) electrons. The van der Waals surface area contributed by atoms with E-state index >= 15 is 0 Å². The molecular weight excluding hydrogens is 462 g/mol. The first kappa shape index (κ1) is 27.9. The third-order valence-corrected chi connectivity index (χ3v) is 7.19. The largest absolute Gasteiger partial charge is 0.493 e. The fourth-order valence-corrected chi connectivity index (χ4v) is 5.37. The molecule has 0 aromatic heterocycles. The molecule has 200 valence electrons. The second-order valence-corrected chi connectivity index (χ2v) is 9.65. The molecule has 1 aromatic rings. The Morgan fingerprint density at radius 1 is 1.17 bits per heavy atom. The van der Waals surface area contributed by atoms with Crippen LogP contribution in [0.4, 0.5) is 0 Å². The number of carbonyl (C=O) groups is 3. The van der Waals surface area contributed by atoms with Crippen molar-refractivity contribution in [1.82, 2.24) is 14.9 Å². The molecule has 3 rings (SSSR count). The second kappa shape index (κ2) is 13.1. The van der Waals surface area contributed by atoms with E-state index < -0.39 is 11.9 Å². The number of carboxylic acid groups (broad SMARTS) is 1. The third kappa shape index (κ3) is 6.56. The van der Waals surface area contributed by atoms with Crippen molar-refractivity contribution in [2.24, 2.45) is 5.92 Å². The molecule has 1 aromatic carbocycles. The number of rotatable bonds is 13. The summed E-state index contributed by atoms with van der Waals surface area (Å²) < 4.78 is 5.64. The van der Waals surface area contributed by atoms with Crippen LogP contribution < -0.4 is 4.74 Å².